The van der Waals surface area contributed by atoms with Gasteiger partial charge in [0.15, 0.2) is 11.6 Å². The molecule has 0 amide bonds. The molecule has 2 aromatic carbocycles. The minimum Gasteiger partial charge on any atom is -0.303 e. The van der Waals surface area contributed by atoms with E-state index in [1.165, 1.54) is 18.2 Å². The average Bonchev–Trinajstić information content (AvgIpc) is 2.48. The van der Waals surface area contributed by atoms with Crippen molar-refractivity contribution in [3.8, 4) is 0 Å². The van der Waals surface area contributed by atoms with Crippen LogP contribution in [0.4, 0.5) is 13.2 Å². The largest absolute Gasteiger partial charge is 0.303 e. The highest BCUT2D eigenvalue weighted by Crippen LogP contribution is 2.23. The molecule has 0 radical (unpaired) electrons. The van der Waals surface area contributed by atoms with E-state index in [0.29, 0.717) is 5.56 Å². The average molecular weight is 293 g/mol. The Morgan fingerprint density at radius 2 is 1.52 bits per heavy atom. The number of hydrogen-bond acceptors (Lipinski definition) is 1. The number of rotatable bonds is 5. The van der Waals surface area contributed by atoms with Crippen molar-refractivity contribution >= 4 is 0 Å². The predicted octanol–water partition coefficient (Wildman–Crippen LogP) is 4.91. The molecule has 0 spiro atoms. The molecule has 2 atom stereocenters. The summed E-state index contributed by atoms with van der Waals surface area (Å²) in [5, 5.41) is 3.35. The van der Waals surface area contributed by atoms with Crippen molar-refractivity contribution in [1.82, 2.24) is 5.32 Å². The van der Waals surface area contributed by atoms with Crippen molar-refractivity contribution in [1.29, 1.82) is 0 Å². The van der Waals surface area contributed by atoms with E-state index in [0.717, 1.165) is 18.1 Å². The second kappa shape index (κ2) is 6.76. The molecule has 0 saturated carbocycles. The van der Waals surface area contributed by atoms with Gasteiger partial charge in [0.25, 0.3) is 0 Å². The molecule has 0 aliphatic carbocycles. The van der Waals surface area contributed by atoms with Gasteiger partial charge in [-0.25, -0.2) is 13.2 Å². The molecule has 1 nitrogen and oxygen atoms in total. The van der Waals surface area contributed by atoms with Crippen LogP contribution in [-0.2, 0) is 0 Å². The molecule has 2 rings (SSSR count). The summed E-state index contributed by atoms with van der Waals surface area (Å²) in [6.07, 6.45) is 0.805. The second-order valence-corrected chi connectivity index (χ2v) is 5.07. The van der Waals surface area contributed by atoms with Gasteiger partial charge < -0.3 is 5.32 Å². The first-order valence-corrected chi connectivity index (χ1v) is 6.97. The molecule has 0 aliphatic rings. The lowest BCUT2D eigenvalue weighted by Gasteiger charge is -2.23. The van der Waals surface area contributed by atoms with Crippen molar-refractivity contribution in [2.45, 2.75) is 32.4 Å². The fraction of sp³-hybridized carbons (Fsp3) is 0.294. The Labute approximate surface area is 122 Å². The Morgan fingerprint density at radius 1 is 0.905 bits per heavy atom. The first-order chi connectivity index (χ1) is 10.0. The highest BCUT2D eigenvalue weighted by Gasteiger charge is 2.15. The summed E-state index contributed by atoms with van der Waals surface area (Å²) in [5.41, 5.74) is 1.64. The molecule has 0 aliphatic heterocycles. The normalized spacial score (nSPS) is 14.0. The molecule has 0 bridgehead atoms. The molecule has 0 saturated heterocycles. The van der Waals surface area contributed by atoms with Crippen LogP contribution >= 0.6 is 0 Å². The van der Waals surface area contributed by atoms with Gasteiger partial charge in [-0.05, 0) is 48.7 Å². The second-order valence-electron chi connectivity index (χ2n) is 5.07. The fourth-order valence-corrected chi connectivity index (χ4v) is 2.32. The molecular weight excluding hydrogens is 275 g/mol. The van der Waals surface area contributed by atoms with Crippen LogP contribution in [0.15, 0.2) is 42.5 Å². The van der Waals surface area contributed by atoms with Gasteiger partial charge in [-0.1, -0.05) is 25.1 Å². The van der Waals surface area contributed by atoms with Crippen molar-refractivity contribution in [3.63, 3.8) is 0 Å². The van der Waals surface area contributed by atoms with Crippen LogP contribution < -0.4 is 5.32 Å². The van der Waals surface area contributed by atoms with Crippen LogP contribution in [-0.4, -0.2) is 0 Å². The minimum absolute atomic E-state index is 0.0220. The Hall–Kier alpha value is -1.81. The smallest absolute Gasteiger partial charge is 0.159 e. The van der Waals surface area contributed by atoms with E-state index in [1.807, 2.05) is 13.8 Å². The van der Waals surface area contributed by atoms with E-state index in [1.54, 1.807) is 18.2 Å². The maximum Gasteiger partial charge on any atom is 0.159 e. The maximum absolute atomic E-state index is 13.3. The molecule has 2 unspecified atom stereocenters. The first kappa shape index (κ1) is 15.6. The van der Waals surface area contributed by atoms with Gasteiger partial charge in [-0.2, -0.15) is 0 Å². The van der Waals surface area contributed by atoms with E-state index in [2.05, 4.69) is 5.32 Å². The summed E-state index contributed by atoms with van der Waals surface area (Å²) < 4.78 is 39.2. The van der Waals surface area contributed by atoms with Crippen LogP contribution in [0.3, 0.4) is 0 Å². The fourth-order valence-electron chi connectivity index (χ4n) is 2.32. The minimum atomic E-state index is -0.851. The molecule has 0 fully saturated rings. The van der Waals surface area contributed by atoms with Gasteiger partial charge in [0.1, 0.15) is 5.82 Å². The molecule has 0 aromatic heterocycles. The molecule has 2 aromatic rings. The zero-order valence-corrected chi connectivity index (χ0v) is 12.0. The molecule has 1 N–H and O–H groups in total. The summed E-state index contributed by atoms with van der Waals surface area (Å²) in [6, 6.07) is 10.1. The Balaban J connectivity index is 2.13. The van der Waals surface area contributed by atoms with Crippen molar-refractivity contribution in [3.05, 3.63) is 71.0 Å². The monoisotopic (exact) mass is 293 g/mol. The van der Waals surface area contributed by atoms with E-state index >= 15 is 0 Å². The lowest BCUT2D eigenvalue weighted by molar-refractivity contribution is 0.450. The van der Waals surface area contributed by atoms with Gasteiger partial charge in [0.2, 0.25) is 0 Å². The van der Waals surface area contributed by atoms with E-state index in [-0.39, 0.29) is 17.9 Å². The van der Waals surface area contributed by atoms with Crippen molar-refractivity contribution in [2.24, 2.45) is 0 Å². The maximum atomic E-state index is 13.3. The van der Waals surface area contributed by atoms with Crippen LogP contribution in [0.2, 0.25) is 0 Å². The quantitative estimate of drug-likeness (QED) is 0.826. The van der Waals surface area contributed by atoms with Gasteiger partial charge in [0.05, 0.1) is 0 Å². The summed E-state index contributed by atoms with van der Waals surface area (Å²) in [6.45, 7) is 3.90. The van der Waals surface area contributed by atoms with E-state index in [4.69, 9.17) is 0 Å². The van der Waals surface area contributed by atoms with Gasteiger partial charge in [-0.3, -0.25) is 0 Å². The SMILES string of the molecule is CCC(NC(C)c1ccc(F)c(F)c1)c1ccc(F)cc1. The van der Waals surface area contributed by atoms with Gasteiger partial charge >= 0.3 is 0 Å². The Bertz CT molecular complexity index is 595. The first-order valence-electron chi connectivity index (χ1n) is 6.97. The van der Waals surface area contributed by atoms with Crippen molar-refractivity contribution in [2.75, 3.05) is 0 Å². The van der Waals surface area contributed by atoms with Crippen LogP contribution in [0.5, 0.6) is 0 Å². The molecule has 0 heterocycles. The van der Waals surface area contributed by atoms with E-state index < -0.39 is 11.6 Å². The molecule has 112 valence electrons. The number of benzene rings is 2. The third kappa shape index (κ3) is 3.85. The number of hydrogen-bond donors (Lipinski definition) is 1. The number of halogens is 3. The standard InChI is InChI=1S/C17H18F3N/c1-3-17(12-4-7-14(18)8-5-12)21-11(2)13-6-9-15(19)16(20)10-13/h4-11,17,21H,3H2,1-2H3. The zero-order chi connectivity index (χ0) is 15.4. The Kier molecular flexibility index (Phi) is 5.02. The zero-order valence-electron chi connectivity index (χ0n) is 12.0. The van der Waals surface area contributed by atoms with Crippen LogP contribution in [0.25, 0.3) is 0 Å². The summed E-state index contributed by atoms with van der Waals surface area (Å²) in [7, 11) is 0. The topological polar surface area (TPSA) is 12.0 Å². The summed E-state index contributed by atoms with van der Waals surface area (Å²) in [4.78, 5) is 0. The number of nitrogens with one attached hydrogen (secondary N) is 1. The van der Waals surface area contributed by atoms with Crippen LogP contribution in [0.1, 0.15) is 43.5 Å². The third-order valence-electron chi connectivity index (χ3n) is 3.58. The highest BCUT2D eigenvalue weighted by atomic mass is 19.2. The van der Waals surface area contributed by atoms with Crippen LogP contribution in [0, 0.1) is 17.5 Å². The molecule has 21 heavy (non-hydrogen) atoms. The van der Waals surface area contributed by atoms with Gasteiger partial charge in [0, 0.05) is 12.1 Å². The summed E-state index contributed by atoms with van der Waals surface area (Å²) in [5.74, 6) is -1.98. The van der Waals surface area contributed by atoms with Gasteiger partial charge in [-0.15, -0.1) is 0 Å². The molecule has 4 heteroatoms. The predicted molar refractivity (Wildman–Crippen MR) is 77.3 cm³/mol. The highest BCUT2D eigenvalue weighted by molar-refractivity contribution is 5.23. The lowest BCUT2D eigenvalue weighted by Crippen LogP contribution is -2.24. The summed E-state index contributed by atoms with van der Waals surface area (Å²) >= 11 is 0. The third-order valence-corrected chi connectivity index (χ3v) is 3.58. The lowest BCUT2D eigenvalue weighted by atomic mass is 10.0. The van der Waals surface area contributed by atoms with Crippen molar-refractivity contribution < 1.29 is 13.2 Å². The molecular formula is C17H18F3N. The Morgan fingerprint density at radius 3 is 2.10 bits per heavy atom. The van der Waals surface area contributed by atoms with E-state index in [9.17, 15) is 13.2 Å².